The first kappa shape index (κ1) is 14.3. The van der Waals surface area contributed by atoms with E-state index in [-0.39, 0.29) is 0 Å². The van der Waals surface area contributed by atoms with Crippen molar-refractivity contribution in [2.45, 2.75) is 77.3 Å². The number of nitrogens with one attached hydrogen (secondary N) is 1. The Morgan fingerprint density at radius 1 is 1.06 bits per heavy atom. The van der Waals surface area contributed by atoms with E-state index in [1.807, 2.05) is 0 Å². The zero-order valence-electron chi connectivity index (χ0n) is 12.5. The summed E-state index contributed by atoms with van der Waals surface area (Å²) >= 11 is 0. The van der Waals surface area contributed by atoms with Gasteiger partial charge in [0.25, 0.3) is 0 Å². The molecule has 1 N–H and O–H groups in total. The van der Waals surface area contributed by atoms with Crippen LogP contribution in [0.5, 0.6) is 0 Å². The number of hydrogen-bond donors (Lipinski definition) is 1. The highest BCUT2D eigenvalue weighted by molar-refractivity contribution is 4.86. The molecule has 0 bridgehead atoms. The van der Waals surface area contributed by atoms with Crippen molar-refractivity contribution in [2.24, 2.45) is 5.92 Å². The second kappa shape index (κ2) is 7.49. The van der Waals surface area contributed by atoms with E-state index in [1.54, 1.807) is 0 Å². The molecule has 1 saturated carbocycles. The molecule has 2 nitrogen and oxygen atoms in total. The molecule has 0 spiro atoms. The van der Waals surface area contributed by atoms with Crippen molar-refractivity contribution in [2.75, 3.05) is 19.6 Å². The van der Waals surface area contributed by atoms with Crippen molar-refractivity contribution in [3.8, 4) is 0 Å². The fraction of sp³-hybridized carbons (Fsp3) is 1.00. The van der Waals surface area contributed by atoms with Crippen molar-refractivity contribution in [1.29, 1.82) is 0 Å². The van der Waals surface area contributed by atoms with Gasteiger partial charge in [-0.25, -0.2) is 0 Å². The van der Waals surface area contributed by atoms with Crippen molar-refractivity contribution in [3.05, 3.63) is 0 Å². The monoisotopic (exact) mass is 252 g/mol. The largest absolute Gasteiger partial charge is 0.310 e. The molecule has 2 aliphatic rings. The standard InChI is InChI=1S/C16H32N2/c1-3-5-10-18-12-14(4-2)11-16(13-18)17-15-8-6-7-9-15/h14-17H,3-13H2,1-2H3. The summed E-state index contributed by atoms with van der Waals surface area (Å²) in [5, 5.41) is 3.95. The molecule has 2 atom stereocenters. The number of hydrogen-bond acceptors (Lipinski definition) is 2. The van der Waals surface area contributed by atoms with Gasteiger partial charge >= 0.3 is 0 Å². The van der Waals surface area contributed by atoms with Crippen LogP contribution in [0.15, 0.2) is 0 Å². The van der Waals surface area contributed by atoms with Crippen LogP contribution in [0, 0.1) is 5.92 Å². The molecule has 1 aliphatic carbocycles. The van der Waals surface area contributed by atoms with Crippen LogP contribution in [-0.2, 0) is 0 Å². The summed E-state index contributed by atoms with van der Waals surface area (Å²) in [6, 6.07) is 1.60. The minimum absolute atomic E-state index is 0.767. The van der Waals surface area contributed by atoms with Crippen LogP contribution in [0.25, 0.3) is 0 Å². The first-order chi connectivity index (χ1) is 8.81. The fourth-order valence-electron chi connectivity index (χ4n) is 3.71. The molecule has 2 unspecified atom stereocenters. The van der Waals surface area contributed by atoms with Gasteiger partial charge in [0.1, 0.15) is 0 Å². The van der Waals surface area contributed by atoms with Crippen LogP contribution in [0.2, 0.25) is 0 Å². The van der Waals surface area contributed by atoms with Gasteiger partial charge in [-0.3, -0.25) is 0 Å². The Morgan fingerprint density at radius 3 is 2.50 bits per heavy atom. The summed E-state index contributed by atoms with van der Waals surface area (Å²) in [6.45, 7) is 8.62. The van der Waals surface area contributed by atoms with Gasteiger partial charge in [-0.05, 0) is 38.1 Å². The Labute approximate surface area is 114 Å². The van der Waals surface area contributed by atoms with E-state index in [1.165, 1.54) is 71.0 Å². The maximum atomic E-state index is 3.95. The number of unbranched alkanes of at least 4 members (excludes halogenated alkanes) is 1. The summed E-state index contributed by atoms with van der Waals surface area (Å²) < 4.78 is 0. The molecule has 0 aromatic heterocycles. The Morgan fingerprint density at radius 2 is 1.83 bits per heavy atom. The van der Waals surface area contributed by atoms with Crippen molar-refractivity contribution in [1.82, 2.24) is 10.2 Å². The second-order valence-electron chi connectivity index (χ2n) is 6.47. The Bertz CT molecular complexity index is 223. The zero-order chi connectivity index (χ0) is 12.8. The van der Waals surface area contributed by atoms with Crippen molar-refractivity contribution < 1.29 is 0 Å². The van der Waals surface area contributed by atoms with E-state index < -0.39 is 0 Å². The lowest BCUT2D eigenvalue weighted by atomic mass is 9.91. The van der Waals surface area contributed by atoms with Crippen LogP contribution in [0.1, 0.15) is 65.2 Å². The van der Waals surface area contributed by atoms with Gasteiger partial charge < -0.3 is 10.2 Å². The average molecular weight is 252 g/mol. The molecule has 2 fully saturated rings. The zero-order valence-corrected chi connectivity index (χ0v) is 12.5. The van der Waals surface area contributed by atoms with Crippen LogP contribution >= 0.6 is 0 Å². The molecular formula is C16H32N2. The van der Waals surface area contributed by atoms with Gasteiger partial charge in [-0.2, -0.15) is 0 Å². The van der Waals surface area contributed by atoms with Crippen molar-refractivity contribution >= 4 is 0 Å². The lowest BCUT2D eigenvalue weighted by molar-refractivity contribution is 0.131. The average Bonchev–Trinajstić information content (AvgIpc) is 2.89. The Balaban J connectivity index is 1.80. The Hall–Kier alpha value is -0.0800. The highest BCUT2D eigenvalue weighted by Crippen LogP contribution is 2.24. The molecule has 1 heterocycles. The molecule has 106 valence electrons. The predicted octanol–water partition coefficient (Wildman–Crippen LogP) is 3.42. The normalized spacial score (nSPS) is 31.0. The van der Waals surface area contributed by atoms with Crippen LogP contribution in [0.3, 0.4) is 0 Å². The molecule has 0 aromatic carbocycles. The topological polar surface area (TPSA) is 15.3 Å². The van der Waals surface area contributed by atoms with E-state index in [0.29, 0.717) is 0 Å². The maximum Gasteiger partial charge on any atom is 0.0200 e. The number of likely N-dealkylation sites (tertiary alicyclic amines) is 1. The third kappa shape index (κ3) is 4.24. The van der Waals surface area contributed by atoms with Gasteiger partial charge in [-0.1, -0.05) is 39.5 Å². The molecule has 1 aliphatic heterocycles. The minimum atomic E-state index is 0.767. The Kier molecular flexibility index (Phi) is 5.97. The summed E-state index contributed by atoms with van der Waals surface area (Å²) in [5.74, 6) is 0.925. The molecule has 18 heavy (non-hydrogen) atoms. The van der Waals surface area contributed by atoms with Gasteiger partial charge in [0.05, 0.1) is 0 Å². The predicted molar refractivity (Wildman–Crippen MR) is 78.9 cm³/mol. The summed E-state index contributed by atoms with van der Waals surface area (Å²) in [6.07, 6.45) is 11.2. The summed E-state index contributed by atoms with van der Waals surface area (Å²) in [5.41, 5.74) is 0. The van der Waals surface area contributed by atoms with E-state index in [0.717, 1.165) is 18.0 Å². The van der Waals surface area contributed by atoms with E-state index >= 15 is 0 Å². The summed E-state index contributed by atoms with van der Waals surface area (Å²) in [7, 11) is 0. The molecule has 2 rings (SSSR count). The molecule has 0 amide bonds. The molecule has 1 saturated heterocycles. The lowest BCUT2D eigenvalue weighted by Crippen LogP contribution is -2.51. The van der Waals surface area contributed by atoms with E-state index in [4.69, 9.17) is 0 Å². The molecular weight excluding hydrogens is 220 g/mol. The highest BCUT2D eigenvalue weighted by Gasteiger charge is 2.28. The quantitative estimate of drug-likeness (QED) is 0.779. The van der Waals surface area contributed by atoms with Crippen LogP contribution in [-0.4, -0.2) is 36.6 Å². The molecule has 0 radical (unpaired) electrons. The second-order valence-corrected chi connectivity index (χ2v) is 6.47. The number of rotatable bonds is 6. The number of piperidine rings is 1. The minimum Gasteiger partial charge on any atom is -0.310 e. The maximum absolute atomic E-state index is 3.95. The smallest absolute Gasteiger partial charge is 0.0200 e. The first-order valence-corrected chi connectivity index (χ1v) is 8.30. The van der Waals surface area contributed by atoms with Crippen LogP contribution < -0.4 is 5.32 Å². The van der Waals surface area contributed by atoms with Crippen molar-refractivity contribution in [3.63, 3.8) is 0 Å². The third-order valence-corrected chi connectivity index (χ3v) is 4.84. The van der Waals surface area contributed by atoms with Crippen LogP contribution in [0.4, 0.5) is 0 Å². The third-order valence-electron chi connectivity index (χ3n) is 4.84. The van der Waals surface area contributed by atoms with Gasteiger partial charge in [0.2, 0.25) is 0 Å². The first-order valence-electron chi connectivity index (χ1n) is 8.30. The molecule has 0 aromatic rings. The SMILES string of the molecule is CCCCN1CC(CC)CC(NC2CCCC2)C1. The van der Waals surface area contributed by atoms with Gasteiger partial charge in [0, 0.05) is 25.2 Å². The highest BCUT2D eigenvalue weighted by atomic mass is 15.2. The number of nitrogens with zero attached hydrogens (tertiary/aromatic N) is 1. The van der Waals surface area contributed by atoms with E-state index in [2.05, 4.69) is 24.1 Å². The lowest BCUT2D eigenvalue weighted by Gasteiger charge is -2.39. The van der Waals surface area contributed by atoms with E-state index in [9.17, 15) is 0 Å². The fourth-order valence-corrected chi connectivity index (χ4v) is 3.71. The molecule has 2 heteroatoms. The summed E-state index contributed by atoms with van der Waals surface area (Å²) in [4.78, 5) is 2.72. The van der Waals surface area contributed by atoms with Gasteiger partial charge in [0.15, 0.2) is 0 Å². The van der Waals surface area contributed by atoms with Gasteiger partial charge in [-0.15, -0.1) is 0 Å².